The minimum absolute atomic E-state index is 0.0520. The smallest absolute Gasteiger partial charge is 0.233 e. The van der Waals surface area contributed by atoms with E-state index in [-0.39, 0.29) is 6.61 Å². The average molecular weight is 714 g/mol. The summed E-state index contributed by atoms with van der Waals surface area (Å²) in [6, 6.07) is 30.9. The van der Waals surface area contributed by atoms with E-state index in [1.807, 2.05) is 104 Å². The molecule has 6 rings (SSSR count). The summed E-state index contributed by atoms with van der Waals surface area (Å²) in [4.78, 5) is 27.3. The van der Waals surface area contributed by atoms with Gasteiger partial charge < -0.3 is 53.8 Å². The van der Waals surface area contributed by atoms with Gasteiger partial charge in [0.2, 0.25) is 35.7 Å². The van der Waals surface area contributed by atoms with E-state index < -0.39 is 0 Å². The summed E-state index contributed by atoms with van der Waals surface area (Å²) in [7, 11) is 1.86. The van der Waals surface area contributed by atoms with Gasteiger partial charge in [-0.3, -0.25) is 0 Å². The number of nitrogens with zero attached hydrogens (tertiary/aromatic N) is 6. The zero-order valence-electron chi connectivity index (χ0n) is 29.3. The van der Waals surface area contributed by atoms with Crippen molar-refractivity contribution in [2.75, 3.05) is 82.0 Å². The van der Waals surface area contributed by atoms with Gasteiger partial charge in [-0.2, -0.15) is 29.9 Å². The van der Waals surface area contributed by atoms with E-state index in [0.717, 1.165) is 39.6 Å². The van der Waals surface area contributed by atoms with Gasteiger partial charge in [-0.15, -0.1) is 0 Å². The maximum atomic E-state index is 9.29. The third-order valence-corrected chi connectivity index (χ3v) is 7.86. The molecule has 0 bridgehead atoms. The molecule has 16 heteroatoms. The number of hydrogen-bond acceptors (Lipinski definition) is 16. The summed E-state index contributed by atoms with van der Waals surface area (Å²) in [6.07, 6.45) is 1.41. The van der Waals surface area contributed by atoms with Gasteiger partial charge in [-0.1, -0.05) is 42.5 Å². The van der Waals surface area contributed by atoms with Crippen LogP contribution in [0.3, 0.4) is 0 Å². The molecule has 0 unspecified atom stereocenters. The summed E-state index contributed by atoms with van der Waals surface area (Å²) in [5.74, 6) is 2.25. The minimum Gasteiger partial charge on any atom is -0.399 e. The van der Waals surface area contributed by atoms with E-state index in [0.29, 0.717) is 73.9 Å². The first-order chi connectivity index (χ1) is 25.9. The molecule has 0 amide bonds. The molecule has 16 nitrogen and oxygen atoms in total. The Labute approximate surface area is 307 Å². The van der Waals surface area contributed by atoms with Crippen LogP contribution in [-0.4, -0.2) is 68.3 Å². The SMILES string of the molecule is CNc1cccc(Nc2nc(NCCO)nc(NCCc3ccc(Nc4nc(NCCc5ccccc5N)nc(Nc5cccc(N)c5)n4)cc3)n2)c1. The number of aromatic nitrogens is 6. The standard InChI is InChI=1S/C37H43N15O/c1-40-28-8-5-10-30(23-28)46-36-48-32(47-34(51-36)43-20-21-53)41-18-16-24-12-14-27(15-13-24)44-35-49-33(42-19-17-25-6-2-3-11-31(25)39)50-37(52-35)45-29-9-4-7-26(38)22-29/h2-15,22-23,40,53H,16-21,38-39H2,1H3,(H3,41,43,46,47,48,51)(H3,42,44,45,49,50,52). The zero-order chi connectivity index (χ0) is 36.8. The Morgan fingerprint density at radius 2 is 1.04 bits per heavy atom. The Bertz CT molecular complexity index is 2090. The van der Waals surface area contributed by atoms with Crippen LogP contribution >= 0.6 is 0 Å². The van der Waals surface area contributed by atoms with E-state index >= 15 is 0 Å². The van der Waals surface area contributed by atoms with Crippen LogP contribution in [-0.2, 0) is 12.8 Å². The normalized spacial score (nSPS) is 10.7. The van der Waals surface area contributed by atoms with Gasteiger partial charge in [0, 0.05) is 60.8 Å². The number of rotatable bonds is 18. The van der Waals surface area contributed by atoms with Crippen LogP contribution in [0.4, 0.5) is 69.8 Å². The molecule has 2 aromatic heterocycles. The van der Waals surface area contributed by atoms with Crippen molar-refractivity contribution in [3.05, 3.63) is 108 Å². The van der Waals surface area contributed by atoms with Gasteiger partial charge in [0.1, 0.15) is 0 Å². The van der Waals surface area contributed by atoms with Crippen molar-refractivity contribution in [2.24, 2.45) is 0 Å². The first kappa shape index (κ1) is 35.9. The third-order valence-electron chi connectivity index (χ3n) is 7.86. The van der Waals surface area contributed by atoms with Crippen LogP contribution in [0.1, 0.15) is 11.1 Å². The molecule has 12 N–H and O–H groups in total. The molecule has 272 valence electrons. The number of hydrogen-bond donors (Lipinski definition) is 10. The number of nitrogen functional groups attached to an aromatic ring is 2. The largest absolute Gasteiger partial charge is 0.399 e. The maximum Gasteiger partial charge on any atom is 0.233 e. The number of para-hydroxylation sites is 1. The van der Waals surface area contributed by atoms with Crippen LogP contribution in [0.15, 0.2) is 97.1 Å². The molecular weight excluding hydrogens is 671 g/mol. The number of aliphatic hydroxyl groups is 1. The van der Waals surface area contributed by atoms with Crippen LogP contribution < -0.4 is 48.7 Å². The number of anilines is 12. The molecule has 53 heavy (non-hydrogen) atoms. The van der Waals surface area contributed by atoms with Crippen molar-refractivity contribution in [2.45, 2.75) is 12.8 Å². The Kier molecular flexibility index (Phi) is 12.1. The predicted molar refractivity (Wildman–Crippen MR) is 214 cm³/mol. The van der Waals surface area contributed by atoms with Crippen molar-refractivity contribution in [1.82, 2.24) is 29.9 Å². The molecule has 0 saturated carbocycles. The number of aliphatic hydroxyl groups excluding tert-OH is 1. The summed E-state index contributed by atoms with van der Waals surface area (Å²) < 4.78 is 0. The van der Waals surface area contributed by atoms with Gasteiger partial charge >= 0.3 is 0 Å². The molecule has 2 heterocycles. The molecular formula is C37H43N15O. The molecule has 0 aliphatic heterocycles. The van der Waals surface area contributed by atoms with Gasteiger partial charge in [0.25, 0.3) is 0 Å². The van der Waals surface area contributed by atoms with Gasteiger partial charge in [-0.25, -0.2) is 0 Å². The van der Waals surface area contributed by atoms with E-state index in [1.165, 1.54) is 0 Å². The second-order valence-electron chi connectivity index (χ2n) is 11.8. The second-order valence-corrected chi connectivity index (χ2v) is 11.8. The van der Waals surface area contributed by atoms with E-state index in [4.69, 9.17) is 11.5 Å². The predicted octanol–water partition coefficient (Wildman–Crippen LogP) is 5.21. The summed E-state index contributed by atoms with van der Waals surface area (Å²) in [6.45, 7) is 1.40. The highest BCUT2D eigenvalue weighted by molar-refractivity contribution is 5.63. The van der Waals surface area contributed by atoms with Crippen molar-refractivity contribution in [3.63, 3.8) is 0 Å². The lowest BCUT2D eigenvalue weighted by molar-refractivity contribution is 0.311. The molecule has 0 atom stereocenters. The molecule has 0 spiro atoms. The highest BCUT2D eigenvalue weighted by Gasteiger charge is 2.10. The Hall–Kier alpha value is -6.94. The lowest BCUT2D eigenvalue weighted by Crippen LogP contribution is -2.14. The van der Waals surface area contributed by atoms with Crippen LogP contribution in [0.25, 0.3) is 0 Å². The fraction of sp³-hybridized carbons (Fsp3) is 0.189. The fourth-order valence-corrected chi connectivity index (χ4v) is 5.22. The first-order valence-corrected chi connectivity index (χ1v) is 17.1. The van der Waals surface area contributed by atoms with Crippen molar-refractivity contribution in [3.8, 4) is 0 Å². The summed E-state index contributed by atoms with van der Waals surface area (Å²) in [5, 5.41) is 31.8. The first-order valence-electron chi connectivity index (χ1n) is 17.1. The third kappa shape index (κ3) is 10.8. The van der Waals surface area contributed by atoms with Crippen molar-refractivity contribution >= 4 is 69.8 Å². The topological polar surface area (TPSA) is 234 Å². The molecule has 6 aromatic rings. The summed E-state index contributed by atoms with van der Waals surface area (Å²) in [5.41, 5.74) is 19.0. The molecule has 0 saturated heterocycles. The average Bonchev–Trinajstić information content (AvgIpc) is 3.15. The number of benzene rings is 4. The molecule has 0 aliphatic carbocycles. The Morgan fingerprint density at radius 3 is 1.66 bits per heavy atom. The Morgan fingerprint density at radius 1 is 0.509 bits per heavy atom. The molecule has 0 radical (unpaired) electrons. The van der Waals surface area contributed by atoms with Crippen molar-refractivity contribution in [1.29, 1.82) is 0 Å². The molecule has 0 aliphatic rings. The zero-order valence-corrected chi connectivity index (χ0v) is 29.3. The Balaban J connectivity index is 1.09. The van der Waals surface area contributed by atoms with Crippen LogP contribution in [0.5, 0.6) is 0 Å². The highest BCUT2D eigenvalue weighted by atomic mass is 16.3. The number of nitrogens with one attached hydrogen (secondary N) is 7. The fourth-order valence-electron chi connectivity index (χ4n) is 5.22. The van der Waals surface area contributed by atoms with E-state index in [2.05, 4.69) is 67.1 Å². The monoisotopic (exact) mass is 713 g/mol. The van der Waals surface area contributed by atoms with Gasteiger partial charge in [-0.05, 0) is 78.6 Å². The lowest BCUT2D eigenvalue weighted by atomic mass is 10.1. The minimum atomic E-state index is -0.0520. The van der Waals surface area contributed by atoms with Gasteiger partial charge in [0.15, 0.2) is 0 Å². The number of nitrogens with two attached hydrogens (primary N) is 2. The summed E-state index contributed by atoms with van der Waals surface area (Å²) >= 11 is 0. The van der Waals surface area contributed by atoms with Crippen LogP contribution in [0, 0.1) is 0 Å². The van der Waals surface area contributed by atoms with Gasteiger partial charge in [0.05, 0.1) is 6.61 Å². The van der Waals surface area contributed by atoms with Crippen molar-refractivity contribution < 1.29 is 5.11 Å². The maximum absolute atomic E-state index is 9.29. The molecule has 4 aromatic carbocycles. The van der Waals surface area contributed by atoms with Crippen LogP contribution in [0.2, 0.25) is 0 Å². The quantitative estimate of drug-likeness (QED) is 0.0515. The second kappa shape index (κ2) is 17.8. The highest BCUT2D eigenvalue weighted by Crippen LogP contribution is 2.22. The molecule has 0 fully saturated rings. The van der Waals surface area contributed by atoms with E-state index in [1.54, 1.807) is 0 Å². The lowest BCUT2D eigenvalue weighted by Gasteiger charge is -2.13. The van der Waals surface area contributed by atoms with E-state index in [9.17, 15) is 5.11 Å².